The van der Waals surface area contributed by atoms with Crippen LogP contribution in [0.5, 0.6) is 0 Å². The van der Waals surface area contributed by atoms with Crippen LogP contribution in [0.25, 0.3) is 0 Å². The summed E-state index contributed by atoms with van der Waals surface area (Å²) in [5.41, 5.74) is 7.78. The number of hydrogen-bond donors (Lipinski definition) is 2. The summed E-state index contributed by atoms with van der Waals surface area (Å²) in [4.78, 5) is 44.6. The van der Waals surface area contributed by atoms with Crippen molar-refractivity contribution in [2.45, 2.75) is 44.7 Å². The van der Waals surface area contributed by atoms with E-state index in [4.69, 9.17) is 10.5 Å². The number of nitrogens with two attached hydrogens (primary N) is 1. The molecule has 29 heavy (non-hydrogen) atoms. The lowest BCUT2D eigenvalue weighted by Gasteiger charge is -2.20. The molecular formula is C20H24N4O4S. The van der Waals surface area contributed by atoms with E-state index in [2.05, 4.69) is 9.97 Å². The summed E-state index contributed by atoms with van der Waals surface area (Å²) in [7, 11) is 0. The number of carbonyl (C=O) groups excluding carboxylic acids is 3. The van der Waals surface area contributed by atoms with Gasteiger partial charge in [-0.25, -0.2) is 19.6 Å². The minimum Gasteiger partial charge on any atom is -0.448 e. The summed E-state index contributed by atoms with van der Waals surface area (Å²) < 4.78 is 5.39. The maximum atomic E-state index is 12.7. The van der Waals surface area contributed by atoms with Gasteiger partial charge in [-0.05, 0) is 37.5 Å². The van der Waals surface area contributed by atoms with Gasteiger partial charge in [0.25, 0.3) is 5.91 Å². The van der Waals surface area contributed by atoms with Crippen molar-refractivity contribution in [3.63, 3.8) is 0 Å². The number of rotatable bonds is 7. The summed E-state index contributed by atoms with van der Waals surface area (Å²) in [6, 6.07) is 7.85. The van der Waals surface area contributed by atoms with Crippen molar-refractivity contribution in [3.05, 3.63) is 52.8 Å². The van der Waals surface area contributed by atoms with Gasteiger partial charge in [-0.3, -0.25) is 10.1 Å². The lowest BCUT2D eigenvalue weighted by Crippen LogP contribution is -2.45. The van der Waals surface area contributed by atoms with Gasteiger partial charge in [-0.2, -0.15) is 0 Å². The Morgan fingerprint density at radius 1 is 1.14 bits per heavy atom. The average Bonchev–Trinajstić information content (AvgIpc) is 2.62. The Morgan fingerprint density at radius 2 is 1.76 bits per heavy atom. The number of hydrogen-bond acceptors (Lipinski definition) is 7. The van der Waals surface area contributed by atoms with Crippen molar-refractivity contribution in [3.8, 4) is 0 Å². The first kappa shape index (κ1) is 22.4. The highest BCUT2D eigenvalue weighted by Crippen LogP contribution is 2.23. The number of primary amides is 1. The van der Waals surface area contributed by atoms with Gasteiger partial charge in [0, 0.05) is 17.1 Å². The van der Waals surface area contributed by atoms with E-state index in [0.29, 0.717) is 16.5 Å². The number of carbonyl (C=O) groups is 3. The number of amides is 3. The van der Waals surface area contributed by atoms with E-state index in [0.717, 1.165) is 17.0 Å². The topological polar surface area (TPSA) is 124 Å². The van der Waals surface area contributed by atoms with Gasteiger partial charge in [0.1, 0.15) is 0 Å². The largest absolute Gasteiger partial charge is 0.448 e. The molecule has 0 radical (unpaired) electrons. The Balaban J connectivity index is 2.16. The number of nitrogens with zero attached hydrogens (tertiary/aromatic N) is 2. The third-order valence-corrected chi connectivity index (χ3v) is 4.80. The molecule has 1 aromatic heterocycles. The number of benzene rings is 1. The standard InChI is InChI=1S/C20H24N4O4S/c1-11(2)16(17(25)24-19(21)27)28-18(26)15-8-6-5-7-14(15)10-29-20-22-12(3)9-13(4)23-20/h5-9,11,16H,10H2,1-4H3,(H3,21,24,25,27)/t16-/m1/s1. The number of thioether (sulfide) groups is 1. The summed E-state index contributed by atoms with van der Waals surface area (Å²) in [6.07, 6.45) is -1.14. The van der Waals surface area contributed by atoms with Gasteiger partial charge in [0.15, 0.2) is 11.3 Å². The van der Waals surface area contributed by atoms with Gasteiger partial charge < -0.3 is 10.5 Å². The Bertz CT molecular complexity index is 897. The summed E-state index contributed by atoms with van der Waals surface area (Å²) >= 11 is 1.40. The second-order valence-corrected chi connectivity index (χ2v) is 7.75. The molecule has 9 heteroatoms. The third kappa shape index (κ3) is 6.56. The predicted molar refractivity (Wildman–Crippen MR) is 109 cm³/mol. The van der Waals surface area contributed by atoms with E-state index in [1.54, 1.807) is 32.0 Å². The van der Waals surface area contributed by atoms with E-state index in [1.165, 1.54) is 11.8 Å². The number of aryl methyl sites for hydroxylation is 2. The van der Waals surface area contributed by atoms with Crippen molar-refractivity contribution < 1.29 is 19.1 Å². The normalized spacial score (nSPS) is 11.8. The van der Waals surface area contributed by atoms with Crippen molar-refractivity contribution in [1.82, 2.24) is 15.3 Å². The highest BCUT2D eigenvalue weighted by Gasteiger charge is 2.28. The van der Waals surface area contributed by atoms with Crippen LogP contribution in [0.15, 0.2) is 35.5 Å². The number of urea groups is 1. The van der Waals surface area contributed by atoms with Crippen LogP contribution < -0.4 is 11.1 Å². The number of esters is 1. The monoisotopic (exact) mass is 416 g/mol. The fourth-order valence-corrected chi connectivity index (χ4v) is 3.56. The summed E-state index contributed by atoms with van der Waals surface area (Å²) in [5, 5.41) is 2.57. The number of ether oxygens (including phenoxy) is 1. The van der Waals surface area contributed by atoms with Gasteiger partial charge >= 0.3 is 12.0 Å². The van der Waals surface area contributed by atoms with Crippen LogP contribution in [0.2, 0.25) is 0 Å². The first-order chi connectivity index (χ1) is 13.7. The van der Waals surface area contributed by atoms with Crippen molar-refractivity contribution in [1.29, 1.82) is 0 Å². The molecule has 3 N–H and O–H groups in total. The Labute approximate surface area is 173 Å². The Morgan fingerprint density at radius 3 is 2.34 bits per heavy atom. The van der Waals surface area contributed by atoms with Crippen LogP contribution in [0.3, 0.4) is 0 Å². The van der Waals surface area contributed by atoms with E-state index in [-0.39, 0.29) is 5.92 Å². The van der Waals surface area contributed by atoms with Crippen LogP contribution in [0, 0.1) is 19.8 Å². The molecule has 0 bridgehead atoms. The molecule has 2 rings (SSSR count). The molecule has 1 aromatic carbocycles. The number of imide groups is 1. The minimum absolute atomic E-state index is 0.335. The number of aromatic nitrogens is 2. The molecule has 0 saturated carbocycles. The van der Waals surface area contributed by atoms with Crippen LogP contribution in [-0.4, -0.2) is 34.0 Å². The second kappa shape index (κ2) is 10.0. The van der Waals surface area contributed by atoms with Crippen molar-refractivity contribution in [2.24, 2.45) is 11.7 Å². The molecule has 154 valence electrons. The minimum atomic E-state index is -1.14. The maximum absolute atomic E-state index is 12.7. The smallest absolute Gasteiger partial charge is 0.339 e. The van der Waals surface area contributed by atoms with Crippen LogP contribution in [-0.2, 0) is 15.3 Å². The molecular weight excluding hydrogens is 392 g/mol. The van der Waals surface area contributed by atoms with E-state index in [1.807, 2.05) is 31.3 Å². The van der Waals surface area contributed by atoms with E-state index in [9.17, 15) is 14.4 Å². The first-order valence-electron chi connectivity index (χ1n) is 9.01. The molecule has 0 aliphatic rings. The average molecular weight is 417 g/mol. The molecule has 8 nitrogen and oxygen atoms in total. The second-order valence-electron chi connectivity index (χ2n) is 6.80. The number of nitrogens with one attached hydrogen (secondary N) is 1. The zero-order valence-electron chi connectivity index (χ0n) is 16.8. The van der Waals surface area contributed by atoms with Crippen molar-refractivity contribution in [2.75, 3.05) is 0 Å². The molecule has 0 spiro atoms. The van der Waals surface area contributed by atoms with Crippen molar-refractivity contribution >= 4 is 29.7 Å². The van der Waals surface area contributed by atoms with E-state index < -0.39 is 24.0 Å². The predicted octanol–water partition coefficient (Wildman–Crippen LogP) is 2.76. The highest BCUT2D eigenvalue weighted by atomic mass is 32.2. The van der Waals surface area contributed by atoms with Gasteiger partial charge in [0.2, 0.25) is 0 Å². The van der Waals surface area contributed by atoms with Crippen LogP contribution in [0.1, 0.15) is 41.2 Å². The molecule has 1 atom stereocenters. The third-order valence-electron chi connectivity index (χ3n) is 3.90. The highest BCUT2D eigenvalue weighted by molar-refractivity contribution is 7.98. The molecule has 1 heterocycles. The zero-order chi connectivity index (χ0) is 21.6. The van der Waals surface area contributed by atoms with Gasteiger partial charge in [0.05, 0.1) is 5.56 Å². The lowest BCUT2D eigenvalue weighted by molar-refractivity contribution is -0.130. The van der Waals surface area contributed by atoms with E-state index >= 15 is 0 Å². The first-order valence-corrected chi connectivity index (χ1v) is 10.00. The molecule has 0 unspecified atom stereocenters. The van der Waals surface area contributed by atoms with Crippen LogP contribution in [0.4, 0.5) is 4.79 Å². The van der Waals surface area contributed by atoms with Crippen LogP contribution >= 0.6 is 11.8 Å². The fraction of sp³-hybridized carbons (Fsp3) is 0.350. The molecule has 0 saturated heterocycles. The summed E-state index contributed by atoms with van der Waals surface area (Å²) in [5.74, 6) is -1.30. The van der Waals surface area contributed by atoms with Gasteiger partial charge in [-0.1, -0.05) is 43.8 Å². The maximum Gasteiger partial charge on any atom is 0.339 e. The SMILES string of the molecule is Cc1cc(C)nc(SCc2ccccc2C(=O)O[C@@H](C(=O)NC(N)=O)C(C)C)n1. The Kier molecular flexibility index (Phi) is 7.72. The fourth-order valence-electron chi connectivity index (χ4n) is 2.61. The zero-order valence-corrected chi connectivity index (χ0v) is 17.6. The lowest BCUT2D eigenvalue weighted by atomic mass is 10.1. The molecule has 2 aromatic rings. The Hall–Kier alpha value is -2.94. The summed E-state index contributed by atoms with van der Waals surface area (Å²) in [6.45, 7) is 7.20. The quantitative estimate of drug-likeness (QED) is 0.404. The molecule has 3 amide bonds. The molecule has 0 aliphatic heterocycles. The molecule has 0 aliphatic carbocycles. The molecule has 0 fully saturated rings. The van der Waals surface area contributed by atoms with Gasteiger partial charge in [-0.15, -0.1) is 0 Å².